The van der Waals surface area contributed by atoms with Crippen LogP contribution < -0.4 is 5.73 Å². The van der Waals surface area contributed by atoms with Crippen molar-refractivity contribution in [2.75, 3.05) is 37.7 Å². The predicted octanol–water partition coefficient (Wildman–Crippen LogP) is 1.62. The van der Waals surface area contributed by atoms with E-state index in [9.17, 15) is 0 Å². The van der Waals surface area contributed by atoms with Gasteiger partial charge in [0.2, 0.25) is 0 Å². The van der Waals surface area contributed by atoms with Crippen molar-refractivity contribution in [3.05, 3.63) is 35.9 Å². The summed E-state index contributed by atoms with van der Waals surface area (Å²) in [5, 5.41) is 0. The van der Waals surface area contributed by atoms with E-state index in [0.29, 0.717) is 6.04 Å². The van der Waals surface area contributed by atoms with E-state index in [1.165, 1.54) is 17.7 Å². The standard InChI is InChI=1S/C16H24N4S/c17-16(19-7-4-8-19)18-11-15-13-21-10-9-20(15)12-14-5-2-1-3-6-14/h1-3,5-6,15H,4,7-13H2,(H2,17,18). The van der Waals surface area contributed by atoms with Crippen molar-refractivity contribution in [2.45, 2.75) is 19.0 Å². The van der Waals surface area contributed by atoms with Crippen LogP contribution in [0, 0.1) is 0 Å². The normalized spacial score (nSPS) is 23.9. The molecule has 2 heterocycles. The zero-order chi connectivity index (χ0) is 14.5. The molecule has 4 nitrogen and oxygen atoms in total. The van der Waals surface area contributed by atoms with E-state index >= 15 is 0 Å². The molecular weight excluding hydrogens is 280 g/mol. The van der Waals surface area contributed by atoms with Crippen LogP contribution in [0.25, 0.3) is 0 Å². The number of nitrogens with zero attached hydrogens (tertiary/aromatic N) is 3. The summed E-state index contributed by atoms with van der Waals surface area (Å²) in [6.45, 7) is 5.13. The SMILES string of the molecule is NC(=NCC1CSCCN1Cc1ccccc1)N1CCC1. The highest BCUT2D eigenvalue weighted by molar-refractivity contribution is 7.99. The molecule has 0 bridgehead atoms. The van der Waals surface area contributed by atoms with E-state index in [0.717, 1.165) is 44.4 Å². The van der Waals surface area contributed by atoms with Crippen LogP contribution >= 0.6 is 11.8 Å². The Morgan fingerprint density at radius 1 is 1.24 bits per heavy atom. The molecule has 0 saturated carbocycles. The van der Waals surface area contributed by atoms with E-state index in [1.807, 2.05) is 11.8 Å². The van der Waals surface area contributed by atoms with E-state index in [1.54, 1.807) is 0 Å². The first-order valence-corrected chi connectivity index (χ1v) is 8.89. The highest BCUT2D eigenvalue weighted by Crippen LogP contribution is 2.19. The fourth-order valence-electron chi connectivity index (χ4n) is 2.73. The first-order chi connectivity index (χ1) is 10.3. The Morgan fingerprint density at radius 3 is 2.76 bits per heavy atom. The van der Waals surface area contributed by atoms with E-state index in [2.05, 4.69) is 45.1 Å². The van der Waals surface area contributed by atoms with Crippen molar-refractivity contribution in [1.82, 2.24) is 9.80 Å². The number of hydrogen-bond acceptors (Lipinski definition) is 3. The maximum absolute atomic E-state index is 6.04. The quantitative estimate of drug-likeness (QED) is 0.678. The largest absolute Gasteiger partial charge is 0.370 e. The van der Waals surface area contributed by atoms with Crippen LogP contribution in [0.15, 0.2) is 35.3 Å². The molecule has 1 aromatic carbocycles. The van der Waals surface area contributed by atoms with Gasteiger partial charge in [-0.3, -0.25) is 9.89 Å². The minimum atomic E-state index is 0.504. The molecule has 1 aromatic rings. The minimum Gasteiger partial charge on any atom is -0.370 e. The fraction of sp³-hybridized carbons (Fsp3) is 0.562. The second-order valence-electron chi connectivity index (χ2n) is 5.72. The lowest BCUT2D eigenvalue weighted by Gasteiger charge is -2.35. The molecule has 0 amide bonds. The lowest BCUT2D eigenvalue weighted by atomic mass is 10.2. The summed E-state index contributed by atoms with van der Waals surface area (Å²) in [6.07, 6.45) is 1.25. The molecular formula is C16H24N4S. The van der Waals surface area contributed by atoms with Crippen molar-refractivity contribution in [3.63, 3.8) is 0 Å². The highest BCUT2D eigenvalue weighted by atomic mass is 32.2. The monoisotopic (exact) mass is 304 g/mol. The molecule has 2 saturated heterocycles. The predicted molar refractivity (Wildman–Crippen MR) is 90.6 cm³/mol. The van der Waals surface area contributed by atoms with Crippen molar-refractivity contribution >= 4 is 17.7 Å². The number of guanidine groups is 1. The Balaban J connectivity index is 1.58. The van der Waals surface area contributed by atoms with Crippen molar-refractivity contribution in [1.29, 1.82) is 0 Å². The second kappa shape index (κ2) is 7.18. The average molecular weight is 304 g/mol. The molecule has 0 aliphatic carbocycles. The number of thioether (sulfide) groups is 1. The molecule has 2 aliphatic rings. The number of nitrogens with two attached hydrogens (primary N) is 1. The van der Waals surface area contributed by atoms with E-state index in [-0.39, 0.29) is 0 Å². The van der Waals surface area contributed by atoms with Crippen LogP contribution in [0.3, 0.4) is 0 Å². The molecule has 5 heteroatoms. The van der Waals surface area contributed by atoms with Gasteiger partial charge in [-0.05, 0) is 12.0 Å². The Bertz CT molecular complexity index is 472. The molecule has 0 aromatic heterocycles. The van der Waals surface area contributed by atoms with Gasteiger partial charge in [0, 0.05) is 43.7 Å². The number of hydrogen-bond donors (Lipinski definition) is 1. The maximum atomic E-state index is 6.04. The van der Waals surface area contributed by atoms with Crippen LogP contribution in [0.2, 0.25) is 0 Å². The topological polar surface area (TPSA) is 44.9 Å². The Morgan fingerprint density at radius 2 is 2.05 bits per heavy atom. The Labute approximate surface area is 131 Å². The van der Waals surface area contributed by atoms with Crippen molar-refractivity contribution in [2.24, 2.45) is 10.7 Å². The number of benzene rings is 1. The van der Waals surface area contributed by atoms with E-state index in [4.69, 9.17) is 5.73 Å². The van der Waals surface area contributed by atoms with Gasteiger partial charge in [-0.15, -0.1) is 0 Å². The third kappa shape index (κ3) is 3.92. The molecule has 114 valence electrons. The molecule has 2 N–H and O–H groups in total. The zero-order valence-electron chi connectivity index (χ0n) is 12.4. The zero-order valence-corrected chi connectivity index (χ0v) is 13.3. The van der Waals surface area contributed by atoms with Crippen LogP contribution in [-0.4, -0.2) is 59.5 Å². The maximum Gasteiger partial charge on any atom is 0.191 e. The molecule has 2 fully saturated rings. The summed E-state index contributed by atoms with van der Waals surface area (Å²) in [6, 6.07) is 11.2. The summed E-state index contributed by atoms with van der Waals surface area (Å²) in [4.78, 5) is 9.35. The summed E-state index contributed by atoms with van der Waals surface area (Å²) < 4.78 is 0. The van der Waals surface area contributed by atoms with Gasteiger partial charge in [-0.1, -0.05) is 30.3 Å². The second-order valence-corrected chi connectivity index (χ2v) is 6.87. The third-order valence-electron chi connectivity index (χ3n) is 4.22. The summed E-state index contributed by atoms with van der Waals surface area (Å²) in [7, 11) is 0. The molecule has 21 heavy (non-hydrogen) atoms. The van der Waals surface area contributed by atoms with Crippen LogP contribution in [-0.2, 0) is 6.54 Å². The number of aliphatic imine (C=N–C) groups is 1. The van der Waals surface area contributed by atoms with Gasteiger partial charge < -0.3 is 10.6 Å². The van der Waals surface area contributed by atoms with Gasteiger partial charge in [0.25, 0.3) is 0 Å². The van der Waals surface area contributed by atoms with Crippen LogP contribution in [0.1, 0.15) is 12.0 Å². The molecule has 1 unspecified atom stereocenters. The number of likely N-dealkylation sites (tertiary alicyclic amines) is 1. The van der Waals surface area contributed by atoms with Gasteiger partial charge in [0.15, 0.2) is 5.96 Å². The van der Waals surface area contributed by atoms with E-state index < -0.39 is 0 Å². The fourth-order valence-corrected chi connectivity index (χ4v) is 3.85. The summed E-state index contributed by atoms with van der Waals surface area (Å²) in [5.41, 5.74) is 7.43. The summed E-state index contributed by atoms with van der Waals surface area (Å²) in [5.74, 6) is 3.11. The molecule has 0 radical (unpaired) electrons. The van der Waals surface area contributed by atoms with Crippen molar-refractivity contribution < 1.29 is 0 Å². The van der Waals surface area contributed by atoms with Crippen molar-refractivity contribution in [3.8, 4) is 0 Å². The average Bonchev–Trinajstić information content (AvgIpc) is 2.46. The van der Waals surface area contributed by atoms with Crippen LogP contribution in [0.4, 0.5) is 0 Å². The molecule has 2 aliphatic heterocycles. The highest BCUT2D eigenvalue weighted by Gasteiger charge is 2.23. The molecule has 3 rings (SSSR count). The third-order valence-corrected chi connectivity index (χ3v) is 5.31. The molecule has 1 atom stereocenters. The van der Waals surface area contributed by atoms with Gasteiger partial charge in [0.05, 0.1) is 6.54 Å². The van der Waals surface area contributed by atoms with Gasteiger partial charge in [-0.25, -0.2) is 0 Å². The first-order valence-electron chi connectivity index (χ1n) is 7.73. The number of rotatable bonds is 4. The summed E-state index contributed by atoms with van der Waals surface area (Å²) >= 11 is 2.03. The van der Waals surface area contributed by atoms with Crippen LogP contribution in [0.5, 0.6) is 0 Å². The minimum absolute atomic E-state index is 0.504. The van der Waals surface area contributed by atoms with Gasteiger partial charge >= 0.3 is 0 Å². The molecule has 0 spiro atoms. The first kappa shape index (κ1) is 14.7. The smallest absolute Gasteiger partial charge is 0.191 e. The lowest BCUT2D eigenvalue weighted by Crippen LogP contribution is -2.48. The lowest BCUT2D eigenvalue weighted by molar-refractivity contribution is 0.214. The van der Waals surface area contributed by atoms with Gasteiger partial charge in [-0.2, -0.15) is 11.8 Å². The Kier molecular flexibility index (Phi) is 5.04. The van der Waals surface area contributed by atoms with Gasteiger partial charge in [0.1, 0.15) is 0 Å². The Hall–Kier alpha value is -1.20.